The molecule has 1 aliphatic heterocycles. The molecule has 18 heavy (non-hydrogen) atoms. The van der Waals surface area contributed by atoms with E-state index in [4.69, 9.17) is 21.1 Å². The Morgan fingerprint density at radius 1 is 1.44 bits per heavy atom. The lowest BCUT2D eigenvalue weighted by Gasteiger charge is -2.21. The quantitative estimate of drug-likeness (QED) is 0.766. The van der Waals surface area contributed by atoms with E-state index >= 15 is 0 Å². The van der Waals surface area contributed by atoms with Gasteiger partial charge in [0.2, 0.25) is 0 Å². The summed E-state index contributed by atoms with van der Waals surface area (Å²) < 4.78 is 24.0. The van der Waals surface area contributed by atoms with Crippen molar-refractivity contribution < 1.29 is 13.9 Å². The molecule has 0 radical (unpaired) electrons. The van der Waals surface area contributed by atoms with E-state index in [0.29, 0.717) is 5.56 Å². The summed E-state index contributed by atoms with van der Waals surface area (Å²) in [4.78, 5) is 0. The van der Waals surface area contributed by atoms with Gasteiger partial charge in [0.05, 0.1) is 5.02 Å². The van der Waals surface area contributed by atoms with Crippen LogP contribution in [0, 0.1) is 17.7 Å². The zero-order chi connectivity index (χ0) is 12.8. The van der Waals surface area contributed by atoms with E-state index in [1.807, 2.05) is 0 Å². The molecule has 2 nitrogen and oxygen atoms in total. The first-order valence-electron chi connectivity index (χ1n) is 5.93. The summed E-state index contributed by atoms with van der Waals surface area (Å²) in [6, 6.07) is 4.48. The number of hydrogen-bond acceptors (Lipinski definition) is 2. The maximum Gasteiger partial charge on any atom is 0.158 e. The molecule has 2 rings (SSSR count). The molecule has 1 atom stereocenters. The molecule has 0 spiro atoms. The molecule has 0 amide bonds. The zero-order valence-corrected chi connectivity index (χ0v) is 10.7. The topological polar surface area (TPSA) is 18.5 Å². The molecular weight excluding hydrogens is 255 g/mol. The van der Waals surface area contributed by atoms with E-state index in [1.54, 1.807) is 6.07 Å². The van der Waals surface area contributed by atoms with Crippen LogP contribution in [0.2, 0.25) is 5.02 Å². The van der Waals surface area contributed by atoms with Crippen molar-refractivity contribution in [1.29, 1.82) is 0 Å². The fourth-order valence-corrected chi connectivity index (χ4v) is 1.81. The average Bonchev–Trinajstić information content (AvgIpc) is 2.40. The predicted octanol–water partition coefficient (Wildman–Crippen LogP) is 3.37. The molecule has 1 aromatic rings. The minimum Gasteiger partial charge on any atom is -0.353 e. The van der Waals surface area contributed by atoms with Gasteiger partial charge < -0.3 is 9.47 Å². The summed E-state index contributed by atoms with van der Waals surface area (Å²) in [5.41, 5.74) is 0.588. The standard InChI is InChI=1S/C14H14ClFO2/c15-12-7-6-11(10-13(12)16)4-3-9-18-14-5-1-2-8-17-14/h6-7,10,14H,1-2,5,8-9H2. The highest BCUT2D eigenvalue weighted by atomic mass is 35.5. The Balaban J connectivity index is 1.82. The van der Waals surface area contributed by atoms with Crippen LogP contribution in [0.15, 0.2) is 18.2 Å². The second kappa shape index (κ2) is 6.75. The molecular formula is C14H14ClFO2. The van der Waals surface area contributed by atoms with E-state index in [2.05, 4.69) is 11.8 Å². The van der Waals surface area contributed by atoms with Crippen LogP contribution >= 0.6 is 11.6 Å². The van der Waals surface area contributed by atoms with Crippen molar-refractivity contribution in [3.05, 3.63) is 34.6 Å². The van der Waals surface area contributed by atoms with E-state index in [-0.39, 0.29) is 17.9 Å². The first kappa shape index (κ1) is 13.4. The van der Waals surface area contributed by atoms with Gasteiger partial charge in [0, 0.05) is 12.2 Å². The van der Waals surface area contributed by atoms with Gasteiger partial charge in [0.1, 0.15) is 12.4 Å². The molecule has 96 valence electrons. The van der Waals surface area contributed by atoms with E-state index in [0.717, 1.165) is 25.9 Å². The minimum atomic E-state index is -0.458. The van der Waals surface area contributed by atoms with Gasteiger partial charge in [-0.1, -0.05) is 23.4 Å². The molecule has 0 aliphatic carbocycles. The van der Waals surface area contributed by atoms with Gasteiger partial charge in [0.25, 0.3) is 0 Å². The Morgan fingerprint density at radius 2 is 2.33 bits per heavy atom. The van der Waals surface area contributed by atoms with Crippen molar-refractivity contribution in [2.24, 2.45) is 0 Å². The highest BCUT2D eigenvalue weighted by Crippen LogP contribution is 2.15. The Hall–Kier alpha value is -1.08. The predicted molar refractivity (Wildman–Crippen MR) is 67.8 cm³/mol. The van der Waals surface area contributed by atoms with Gasteiger partial charge in [-0.05, 0) is 37.5 Å². The second-order valence-electron chi connectivity index (χ2n) is 4.04. The highest BCUT2D eigenvalue weighted by molar-refractivity contribution is 6.30. The van der Waals surface area contributed by atoms with Crippen molar-refractivity contribution in [3.63, 3.8) is 0 Å². The fourth-order valence-electron chi connectivity index (χ4n) is 1.69. The van der Waals surface area contributed by atoms with Crippen LogP contribution in [0.25, 0.3) is 0 Å². The lowest BCUT2D eigenvalue weighted by atomic mass is 10.2. The third kappa shape index (κ3) is 3.99. The van der Waals surface area contributed by atoms with Gasteiger partial charge in [0.15, 0.2) is 6.29 Å². The van der Waals surface area contributed by atoms with E-state index in [9.17, 15) is 4.39 Å². The van der Waals surface area contributed by atoms with Crippen LogP contribution in [0.5, 0.6) is 0 Å². The summed E-state index contributed by atoms with van der Waals surface area (Å²) in [6.45, 7) is 1.04. The number of halogens is 2. The van der Waals surface area contributed by atoms with E-state index in [1.165, 1.54) is 12.1 Å². The third-order valence-corrected chi connectivity index (χ3v) is 2.94. The van der Waals surface area contributed by atoms with Gasteiger partial charge in [-0.15, -0.1) is 0 Å². The summed E-state index contributed by atoms with van der Waals surface area (Å²) in [5, 5.41) is 0.104. The van der Waals surface area contributed by atoms with Gasteiger partial charge in [-0.3, -0.25) is 0 Å². The summed E-state index contributed by atoms with van der Waals surface area (Å²) in [6.07, 6.45) is 2.99. The monoisotopic (exact) mass is 268 g/mol. The van der Waals surface area contributed by atoms with Crippen molar-refractivity contribution >= 4 is 11.6 Å². The summed E-state index contributed by atoms with van der Waals surface area (Å²) >= 11 is 5.58. The Kier molecular flexibility index (Phi) is 5.00. The number of ether oxygens (including phenoxy) is 2. The van der Waals surface area contributed by atoms with Crippen LogP contribution in [-0.2, 0) is 9.47 Å². The van der Waals surface area contributed by atoms with Gasteiger partial charge in [-0.2, -0.15) is 0 Å². The van der Waals surface area contributed by atoms with E-state index < -0.39 is 5.82 Å². The maximum absolute atomic E-state index is 13.1. The zero-order valence-electron chi connectivity index (χ0n) is 9.92. The Morgan fingerprint density at radius 3 is 3.06 bits per heavy atom. The molecule has 1 fully saturated rings. The van der Waals surface area contributed by atoms with Crippen LogP contribution in [0.1, 0.15) is 24.8 Å². The van der Waals surface area contributed by atoms with Crippen LogP contribution < -0.4 is 0 Å². The highest BCUT2D eigenvalue weighted by Gasteiger charge is 2.12. The van der Waals surface area contributed by atoms with Gasteiger partial charge >= 0.3 is 0 Å². The summed E-state index contributed by atoms with van der Waals surface area (Å²) in [7, 11) is 0. The minimum absolute atomic E-state index is 0.104. The van der Waals surface area contributed by atoms with Crippen LogP contribution in [-0.4, -0.2) is 19.5 Å². The SMILES string of the molecule is Fc1cc(C#CCOC2CCCCO2)ccc1Cl. The molecule has 0 N–H and O–H groups in total. The van der Waals surface area contributed by atoms with Crippen molar-refractivity contribution in [2.45, 2.75) is 25.6 Å². The number of benzene rings is 1. The smallest absolute Gasteiger partial charge is 0.158 e. The molecule has 1 aliphatic rings. The fraction of sp³-hybridized carbons (Fsp3) is 0.429. The molecule has 1 heterocycles. The largest absolute Gasteiger partial charge is 0.353 e. The van der Waals surface area contributed by atoms with Crippen molar-refractivity contribution in [2.75, 3.05) is 13.2 Å². The normalized spacial score (nSPS) is 19.1. The van der Waals surface area contributed by atoms with Gasteiger partial charge in [-0.25, -0.2) is 4.39 Å². The maximum atomic E-state index is 13.1. The van der Waals surface area contributed by atoms with Crippen molar-refractivity contribution in [3.8, 4) is 11.8 Å². The molecule has 0 aromatic heterocycles. The lowest BCUT2D eigenvalue weighted by molar-refractivity contribution is -0.154. The van der Waals surface area contributed by atoms with Crippen molar-refractivity contribution in [1.82, 2.24) is 0 Å². The Labute approximate surface area is 111 Å². The first-order chi connectivity index (χ1) is 8.75. The summed E-state index contributed by atoms with van der Waals surface area (Å²) in [5.74, 6) is 5.20. The lowest BCUT2D eigenvalue weighted by Crippen LogP contribution is -2.22. The number of hydrogen-bond donors (Lipinski definition) is 0. The average molecular weight is 269 g/mol. The first-order valence-corrected chi connectivity index (χ1v) is 6.30. The molecule has 1 unspecified atom stereocenters. The third-order valence-electron chi connectivity index (χ3n) is 2.63. The molecule has 0 bridgehead atoms. The number of rotatable bonds is 2. The Bertz CT molecular complexity index is 459. The molecule has 4 heteroatoms. The molecule has 0 saturated carbocycles. The molecule has 1 saturated heterocycles. The molecule has 1 aromatic carbocycles. The second-order valence-corrected chi connectivity index (χ2v) is 4.45. The van der Waals surface area contributed by atoms with Crippen LogP contribution in [0.3, 0.4) is 0 Å². The van der Waals surface area contributed by atoms with Crippen LogP contribution in [0.4, 0.5) is 4.39 Å².